The summed E-state index contributed by atoms with van der Waals surface area (Å²) in [6, 6.07) is 12.3. The minimum atomic E-state index is -1.41. The summed E-state index contributed by atoms with van der Waals surface area (Å²) in [7, 11) is 0. The van der Waals surface area contributed by atoms with E-state index in [2.05, 4.69) is 5.32 Å². The number of hydrogen-bond acceptors (Lipinski definition) is 3. The van der Waals surface area contributed by atoms with Crippen LogP contribution in [-0.2, 0) is 11.2 Å². The highest BCUT2D eigenvalue weighted by atomic mass is 35.5. The van der Waals surface area contributed by atoms with Crippen LogP contribution in [0.3, 0.4) is 0 Å². The third kappa shape index (κ3) is 5.01. The number of nitrogen functional groups attached to an aromatic ring is 1. The molecule has 2 atom stereocenters. The van der Waals surface area contributed by atoms with Gasteiger partial charge in [-0.1, -0.05) is 29.3 Å². The Morgan fingerprint density at radius 1 is 0.971 bits per heavy atom. The Hall–Kier alpha value is -2.38. The lowest BCUT2D eigenvalue weighted by atomic mass is 10.0. The molecule has 4 nitrogen and oxygen atoms in total. The van der Waals surface area contributed by atoms with Crippen LogP contribution in [-0.4, -0.2) is 16.0 Å². The minimum absolute atomic E-state index is 0.103. The van der Waals surface area contributed by atoms with Crippen molar-refractivity contribution in [3.05, 3.63) is 93.0 Å². The van der Waals surface area contributed by atoms with Crippen LogP contribution < -0.4 is 11.1 Å². The van der Waals surface area contributed by atoms with Gasteiger partial charge in [-0.15, -0.1) is 23.2 Å². The number of benzene rings is 3. The van der Waals surface area contributed by atoms with Crippen molar-refractivity contribution >= 4 is 69.5 Å². The molecule has 1 fully saturated rings. The largest absolute Gasteiger partial charge is 0.399 e. The molecule has 0 aliphatic heterocycles. The van der Waals surface area contributed by atoms with Gasteiger partial charge in [-0.05, 0) is 59.7 Å². The molecule has 3 aromatic rings. The SMILES string of the molecule is Nc1cc(F)cc(CC(=O)c2cc(NC(=O)[C@H]3[C@H](c4ccc(F)c(Cl)c4)C3(Cl)Cl)ccc2Cl)c1. The van der Waals surface area contributed by atoms with Gasteiger partial charge in [-0.2, -0.15) is 0 Å². The van der Waals surface area contributed by atoms with Gasteiger partial charge < -0.3 is 11.1 Å². The molecule has 176 valence electrons. The first-order valence-electron chi connectivity index (χ1n) is 9.98. The van der Waals surface area contributed by atoms with Crippen molar-refractivity contribution in [3.8, 4) is 0 Å². The Morgan fingerprint density at radius 3 is 2.38 bits per heavy atom. The first kappa shape index (κ1) is 24.7. The van der Waals surface area contributed by atoms with E-state index in [1.54, 1.807) is 0 Å². The second kappa shape index (κ2) is 9.34. The second-order valence-electron chi connectivity index (χ2n) is 7.98. The van der Waals surface area contributed by atoms with Crippen LogP contribution in [0.15, 0.2) is 54.6 Å². The van der Waals surface area contributed by atoms with Gasteiger partial charge in [0, 0.05) is 29.3 Å². The fourth-order valence-corrected chi connectivity index (χ4v) is 5.11. The smallest absolute Gasteiger partial charge is 0.231 e. The van der Waals surface area contributed by atoms with Gasteiger partial charge in [0.25, 0.3) is 0 Å². The van der Waals surface area contributed by atoms with Gasteiger partial charge >= 0.3 is 0 Å². The summed E-state index contributed by atoms with van der Waals surface area (Å²) < 4.78 is 25.7. The quantitative estimate of drug-likeness (QED) is 0.204. The number of nitrogens with two attached hydrogens (primary N) is 1. The summed E-state index contributed by atoms with van der Waals surface area (Å²) >= 11 is 24.7. The van der Waals surface area contributed by atoms with Crippen molar-refractivity contribution in [2.45, 2.75) is 16.7 Å². The predicted molar refractivity (Wildman–Crippen MR) is 131 cm³/mol. The van der Waals surface area contributed by atoms with E-state index >= 15 is 0 Å². The van der Waals surface area contributed by atoms with Crippen LogP contribution in [0.5, 0.6) is 0 Å². The molecule has 1 amide bonds. The number of amides is 1. The number of hydrogen-bond donors (Lipinski definition) is 2. The molecular formula is C24H16Cl4F2N2O2. The molecule has 0 saturated heterocycles. The number of carbonyl (C=O) groups is 2. The summed E-state index contributed by atoms with van der Waals surface area (Å²) in [5, 5.41) is 2.75. The molecule has 1 saturated carbocycles. The molecule has 0 aromatic heterocycles. The van der Waals surface area contributed by atoms with E-state index in [1.807, 2.05) is 0 Å². The van der Waals surface area contributed by atoms with Gasteiger partial charge in [-0.25, -0.2) is 8.78 Å². The molecule has 0 spiro atoms. The number of alkyl halides is 2. The highest BCUT2D eigenvalue weighted by molar-refractivity contribution is 6.53. The van der Waals surface area contributed by atoms with Crippen LogP contribution in [0.4, 0.5) is 20.2 Å². The van der Waals surface area contributed by atoms with E-state index in [0.29, 0.717) is 16.8 Å². The first-order valence-corrected chi connectivity index (χ1v) is 11.5. The zero-order valence-electron chi connectivity index (χ0n) is 17.2. The van der Waals surface area contributed by atoms with Crippen LogP contribution in [0.25, 0.3) is 0 Å². The zero-order chi connectivity index (χ0) is 24.8. The maximum Gasteiger partial charge on any atom is 0.231 e. The Balaban J connectivity index is 1.51. The van der Waals surface area contributed by atoms with E-state index in [0.717, 1.165) is 6.07 Å². The molecule has 0 unspecified atom stereocenters. The molecule has 3 aromatic carbocycles. The Bertz CT molecular complexity index is 1300. The molecular weight excluding hydrogens is 528 g/mol. The number of rotatable bonds is 6. The molecule has 0 heterocycles. The van der Waals surface area contributed by atoms with Gasteiger partial charge in [0.1, 0.15) is 16.0 Å². The van der Waals surface area contributed by atoms with E-state index in [-0.39, 0.29) is 33.5 Å². The highest BCUT2D eigenvalue weighted by Crippen LogP contribution is 2.65. The minimum Gasteiger partial charge on any atom is -0.399 e. The van der Waals surface area contributed by atoms with Gasteiger partial charge in [0.15, 0.2) is 5.78 Å². The summed E-state index contributed by atoms with van der Waals surface area (Å²) in [5.41, 5.74) is 7.18. The molecule has 4 rings (SSSR count). The number of Topliss-reactive ketones (excluding diaryl/α,β-unsaturated/α-hetero) is 1. The molecule has 0 radical (unpaired) electrons. The lowest BCUT2D eigenvalue weighted by Crippen LogP contribution is -2.17. The normalized spacial score (nSPS) is 18.4. The zero-order valence-corrected chi connectivity index (χ0v) is 20.2. The fourth-order valence-electron chi connectivity index (χ4n) is 3.87. The van der Waals surface area contributed by atoms with Crippen molar-refractivity contribution in [2.24, 2.45) is 5.92 Å². The summed E-state index contributed by atoms with van der Waals surface area (Å²) in [6.07, 6.45) is -0.137. The van der Waals surface area contributed by atoms with Crippen molar-refractivity contribution in [2.75, 3.05) is 11.1 Å². The van der Waals surface area contributed by atoms with Crippen LogP contribution in [0.1, 0.15) is 27.4 Å². The van der Waals surface area contributed by atoms with E-state index in [9.17, 15) is 18.4 Å². The molecule has 3 N–H and O–H groups in total. The first-order chi connectivity index (χ1) is 16.0. The Labute approximate surface area is 213 Å². The molecule has 1 aliphatic carbocycles. The number of carbonyl (C=O) groups excluding carboxylic acids is 2. The molecule has 10 heteroatoms. The van der Waals surface area contributed by atoms with Gasteiger partial charge in [-0.3, -0.25) is 9.59 Å². The Morgan fingerprint density at radius 2 is 1.71 bits per heavy atom. The number of anilines is 2. The standard InChI is InChI=1S/C24H16Cl4F2N2O2/c25-17-3-2-15(10-16(17)20(33)7-11-5-13(29)9-14(31)6-11)32-23(34)22-21(24(22,27)28)12-1-4-19(30)18(26)8-12/h1-6,8-10,21-22H,7,31H2,(H,32,34)/t21-,22+/m0/s1. The van der Waals surface area contributed by atoms with Gasteiger partial charge in [0.05, 0.1) is 16.0 Å². The summed E-state index contributed by atoms with van der Waals surface area (Å²) in [5.74, 6) is -3.46. The van der Waals surface area contributed by atoms with Crippen molar-refractivity contribution in [1.82, 2.24) is 0 Å². The van der Waals surface area contributed by atoms with Crippen molar-refractivity contribution in [1.29, 1.82) is 0 Å². The van der Waals surface area contributed by atoms with E-state index in [1.165, 1.54) is 48.5 Å². The fraction of sp³-hybridized carbons (Fsp3) is 0.167. The lowest BCUT2D eigenvalue weighted by molar-refractivity contribution is -0.117. The molecule has 1 aliphatic rings. The number of nitrogens with one attached hydrogen (secondary N) is 1. The predicted octanol–water partition coefficient (Wildman–Crippen LogP) is 6.81. The third-order valence-corrected chi connectivity index (χ3v) is 7.08. The third-order valence-electron chi connectivity index (χ3n) is 5.52. The van der Waals surface area contributed by atoms with Crippen molar-refractivity contribution in [3.63, 3.8) is 0 Å². The summed E-state index contributed by atoms with van der Waals surface area (Å²) in [4.78, 5) is 25.7. The number of ketones is 1. The molecule has 0 bridgehead atoms. The van der Waals surface area contributed by atoms with E-state index < -0.39 is 33.7 Å². The van der Waals surface area contributed by atoms with E-state index in [4.69, 9.17) is 52.1 Å². The second-order valence-corrected chi connectivity index (χ2v) is 10.2. The average molecular weight is 544 g/mol. The molecule has 34 heavy (non-hydrogen) atoms. The summed E-state index contributed by atoms with van der Waals surface area (Å²) in [6.45, 7) is 0. The maximum atomic E-state index is 13.6. The Kier molecular flexibility index (Phi) is 6.80. The maximum absolute atomic E-state index is 13.6. The topological polar surface area (TPSA) is 72.2 Å². The monoisotopic (exact) mass is 542 g/mol. The van der Waals surface area contributed by atoms with Crippen LogP contribution in [0, 0.1) is 17.6 Å². The van der Waals surface area contributed by atoms with Crippen LogP contribution in [0.2, 0.25) is 10.0 Å². The van der Waals surface area contributed by atoms with Crippen molar-refractivity contribution < 1.29 is 18.4 Å². The van der Waals surface area contributed by atoms with Gasteiger partial charge in [0.2, 0.25) is 5.91 Å². The lowest BCUT2D eigenvalue weighted by Gasteiger charge is -2.10. The average Bonchev–Trinajstić information content (AvgIpc) is 3.32. The number of halogens is 6. The van der Waals surface area contributed by atoms with Crippen LogP contribution >= 0.6 is 46.4 Å². The highest BCUT2D eigenvalue weighted by Gasteiger charge is 2.67.